The van der Waals surface area contributed by atoms with Crippen LogP contribution in [0.5, 0.6) is 0 Å². The molecule has 0 amide bonds. The molecule has 1 aromatic heterocycles. The number of aryl methyl sites for hydroxylation is 1. The van der Waals surface area contributed by atoms with E-state index >= 15 is 0 Å². The van der Waals surface area contributed by atoms with Crippen LogP contribution in [0.4, 0.5) is 0 Å². The quantitative estimate of drug-likeness (QED) is 0.638. The molecule has 4 heteroatoms. The Kier molecular flexibility index (Phi) is 5.93. The highest BCUT2D eigenvalue weighted by molar-refractivity contribution is 6.11. The Morgan fingerprint density at radius 1 is 1.03 bits per heavy atom. The van der Waals surface area contributed by atoms with Gasteiger partial charge in [-0.1, -0.05) is 60.7 Å². The Hall–Kier alpha value is -2.69. The molecule has 1 aliphatic heterocycles. The van der Waals surface area contributed by atoms with Crippen molar-refractivity contribution < 1.29 is 4.79 Å². The molecule has 0 bridgehead atoms. The van der Waals surface area contributed by atoms with Crippen molar-refractivity contribution in [1.29, 1.82) is 0 Å². The van der Waals surface area contributed by atoms with Gasteiger partial charge in [0.15, 0.2) is 5.78 Å². The van der Waals surface area contributed by atoms with Gasteiger partial charge < -0.3 is 4.98 Å². The molecule has 1 unspecified atom stereocenters. The van der Waals surface area contributed by atoms with Crippen LogP contribution in [0, 0.1) is 6.92 Å². The van der Waals surface area contributed by atoms with E-state index in [4.69, 9.17) is 0 Å². The highest BCUT2D eigenvalue weighted by Gasteiger charge is 2.28. The molecule has 29 heavy (non-hydrogen) atoms. The number of benzene rings is 2. The first-order chi connectivity index (χ1) is 14.1. The minimum Gasteiger partial charge on any atom is -0.358 e. The van der Waals surface area contributed by atoms with Crippen molar-refractivity contribution in [3.63, 3.8) is 0 Å². The average molecular weight is 388 g/mol. The molecule has 1 atom stereocenters. The number of hydrogen-bond donors (Lipinski definition) is 1. The van der Waals surface area contributed by atoms with Gasteiger partial charge in [-0.3, -0.25) is 14.6 Å². The minimum atomic E-state index is -0.102. The molecular weight excluding hydrogens is 358 g/mol. The zero-order valence-corrected chi connectivity index (χ0v) is 17.3. The third-order valence-corrected chi connectivity index (χ3v) is 5.95. The molecule has 150 valence electrons. The highest BCUT2D eigenvalue weighted by Crippen LogP contribution is 2.24. The maximum absolute atomic E-state index is 13.3. The van der Waals surface area contributed by atoms with E-state index in [0.29, 0.717) is 0 Å². The van der Waals surface area contributed by atoms with E-state index in [-0.39, 0.29) is 11.8 Å². The number of rotatable bonds is 6. The van der Waals surface area contributed by atoms with Crippen LogP contribution in [-0.2, 0) is 0 Å². The van der Waals surface area contributed by atoms with E-state index in [2.05, 4.69) is 58.1 Å². The van der Waals surface area contributed by atoms with Crippen molar-refractivity contribution in [3.05, 3.63) is 77.5 Å². The van der Waals surface area contributed by atoms with Crippen LogP contribution in [0.15, 0.2) is 60.7 Å². The van der Waals surface area contributed by atoms with Gasteiger partial charge in [-0.05, 0) is 25.5 Å². The Balaban J connectivity index is 1.35. The number of carbonyl (C=O) groups is 1. The van der Waals surface area contributed by atoms with Gasteiger partial charge in [0.05, 0.1) is 6.04 Å². The molecule has 1 aliphatic rings. The van der Waals surface area contributed by atoms with Crippen molar-refractivity contribution >= 4 is 22.8 Å². The van der Waals surface area contributed by atoms with Crippen molar-refractivity contribution in [3.8, 4) is 0 Å². The minimum absolute atomic E-state index is 0.102. The van der Waals surface area contributed by atoms with Gasteiger partial charge in [0, 0.05) is 54.9 Å². The zero-order valence-electron chi connectivity index (χ0n) is 17.3. The summed E-state index contributed by atoms with van der Waals surface area (Å²) < 4.78 is 0. The van der Waals surface area contributed by atoms with Gasteiger partial charge in [-0.2, -0.15) is 0 Å². The van der Waals surface area contributed by atoms with Crippen molar-refractivity contribution in [2.45, 2.75) is 19.9 Å². The summed E-state index contributed by atoms with van der Waals surface area (Å²) in [5, 5.41) is 1.03. The summed E-state index contributed by atoms with van der Waals surface area (Å²) in [7, 11) is 0. The normalized spacial score (nSPS) is 17.2. The fraction of sp³-hybridized carbons (Fsp3) is 0.320. The average Bonchev–Trinajstić information content (AvgIpc) is 3.09. The van der Waals surface area contributed by atoms with E-state index in [1.165, 1.54) is 5.56 Å². The predicted molar refractivity (Wildman–Crippen MR) is 120 cm³/mol. The van der Waals surface area contributed by atoms with E-state index in [1.54, 1.807) is 0 Å². The van der Waals surface area contributed by atoms with Gasteiger partial charge in [0.25, 0.3) is 0 Å². The van der Waals surface area contributed by atoms with Crippen molar-refractivity contribution in [2.75, 3.05) is 32.7 Å². The fourth-order valence-corrected chi connectivity index (χ4v) is 4.20. The lowest BCUT2D eigenvalue weighted by Gasteiger charge is -2.37. The fourth-order valence-electron chi connectivity index (χ4n) is 4.20. The van der Waals surface area contributed by atoms with E-state index < -0.39 is 0 Å². The molecule has 4 rings (SSSR count). The number of nitrogens with one attached hydrogen (secondary N) is 1. The first kappa shape index (κ1) is 19.6. The summed E-state index contributed by atoms with van der Waals surface area (Å²) in [5.74, 6) is 0.220. The second-order valence-electron chi connectivity index (χ2n) is 7.86. The number of hydrogen-bond acceptors (Lipinski definition) is 3. The van der Waals surface area contributed by atoms with Crippen LogP contribution >= 0.6 is 0 Å². The SMILES string of the molecule is Cc1[nH]c2ccccc2c1C(=O)C(C)N1CCN(C/C=C/c2ccccc2)CC1. The number of Topliss-reactive ketones (excluding diaryl/α,β-unsaturated/α-hetero) is 1. The number of H-pyrrole nitrogens is 1. The lowest BCUT2D eigenvalue weighted by atomic mass is 10.0. The second kappa shape index (κ2) is 8.76. The highest BCUT2D eigenvalue weighted by atomic mass is 16.1. The number of aromatic amines is 1. The number of ketones is 1. The van der Waals surface area contributed by atoms with Crippen LogP contribution in [0.1, 0.15) is 28.5 Å². The summed E-state index contributed by atoms with van der Waals surface area (Å²) in [6, 6.07) is 18.4. The van der Waals surface area contributed by atoms with Gasteiger partial charge in [0.1, 0.15) is 0 Å². The Bertz CT molecular complexity index is 997. The summed E-state index contributed by atoms with van der Waals surface area (Å²) in [6.45, 7) is 8.83. The van der Waals surface area contributed by atoms with Crippen molar-refractivity contribution in [2.24, 2.45) is 0 Å². The molecule has 2 heterocycles. The molecular formula is C25H29N3O. The topological polar surface area (TPSA) is 39.3 Å². The Labute approximate surface area is 172 Å². The number of aromatic nitrogens is 1. The lowest BCUT2D eigenvalue weighted by molar-refractivity contribution is 0.0720. The van der Waals surface area contributed by atoms with Gasteiger partial charge in [0.2, 0.25) is 0 Å². The number of carbonyl (C=O) groups excluding carboxylic acids is 1. The molecule has 1 fully saturated rings. The van der Waals surface area contributed by atoms with E-state index in [9.17, 15) is 4.79 Å². The molecule has 0 spiro atoms. The standard InChI is InChI=1S/C25H29N3O/c1-19-24(22-12-6-7-13-23(22)26-19)25(29)20(2)28-17-15-27(16-18-28)14-8-11-21-9-4-3-5-10-21/h3-13,20,26H,14-18H2,1-2H3/b11-8+. The van der Waals surface area contributed by atoms with Gasteiger partial charge in [-0.15, -0.1) is 0 Å². The number of para-hydroxylation sites is 1. The van der Waals surface area contributed by atoms with Crippen molar-refractivity contribution in [1.82, 2.24) is 14.8 Å². The number of nitrogens with zero attached hydrogens (tertiary/aromatic N) is 2. The number of piperazine rings is 1. The smallest absolute Gasteiger partial charge is 0.182 e. The van der Waals surface area contributed by atoms with Gasteiger partial charge in [-0.25, -0.2) is 0 Å². The van der Waals surface area contributed by atoms with Gasteiger partial charge >= 0.3 is 0 Å². The van der Waals surface area contributed by atoms with Crippen LogP contribution in [0.2, 0.25) is 0 Å². The van der Waals surface area contributed by atoms with E-state index in [1.807, 2.05) is 37.3 Å². The molecule has 0 radical (unpaired) electrons. The second-order valence-corrected chi connectivity index (χ2v) is 7.86. The Morgan fingerprint density at radius 3 is 2.48 bits per heavy atom. The van der Waals surface area contributed by atoms with Crippen LogP contribution < -0.4 is 0 Å². The summed E-state index contributed by atoms with van der Waals surface area (Å²) in [5.41, 5.74) is 4.09. The zero-order chi connectivity index (χ0) is 20.2. The summed E-state index contributed by atoms with van der Waals surface area (Å²) in [4.78, 5) is 21.4. The monoisotopic (exact) mass is 387 g/mol. The maximum atomic E-state index is 13.3. The van der Waals surface area contributed by atoms with Crippen LogP contribution in [0.25, 0.3) is 17.0 Å². The first-order valence-corrected chi connectivity index (χ1v) is 10.4. The largest absolute Gasteiger partial charge is 0.358 e. The molecule has 3 aromatic rings. The summed E-state index contributed by atoms with van der Waals surface area (Å²) >= 11 is 0. The molecule has 1 N–H and O–H groups in total. The van der Waals surface area contributed by atoms with Crippen LogP contribution in [-0.4, -0.2) is 59.3 Å². The maximum Gasteiger partial charge on any atom is 0.182 e. The molecule has 1 saturated heterocycles. The molecule has 0 saturated carbocycles. The number of fused-ring (bicyclic) bond motifs is 1. The molecule has 0 aliphatic carbocycles. The van der Waals surface area contributed by atoms with E-state index in [0.717, 1.165) is 54.9 Å². The molecule has 4 nitrogen and oxygen atoms in total. The van der Waals surface area contributed by atoms with Crippen LogP contribution in [0.3, 0.4) is 0 Å². The molecule has 2 aromatic carbocycles. The predicted octanol–water partition coefficient (Wildman–Crippen LogP) is 4.38. The summed E-state index contributed by atoms with van der Waals surface area (Å²) in [6.07, 6.45) is 4.41. The third kappa shape index (κ3) is 4.34. The first-order valence-electron chi connectivity index (χ1n) is 10.4. The Morgan fingerprint density at radius 2 is 1.72 bits per heavy atom. The lowest BCUT2D eigenvalue weighted by Crippen LogP contribution is -2.51. The third-order valence-electron chi connectivity index (χ3n) is 5.95.